The van der Waals surface area contributed by atoms with Gasteiger partial charge in [0.1, 0.15) is 17.6 Å². The number of halogens is 7. The van der Waals surface area contributed by atoms with Crippen LogP contribution in [-0.2, 0) is 0 Å². The van der Waals surface area contributed by atoms with Gasteiger partial charge in [0.2, 0.25) is 0 Å². The summed E-state index contributed by atoms with van der Waals surface area (Å²) in [7, 11) is 1.01. The number of alkyl halides is 5. The molecule has 19 heavy (non-hydrogen) atoms. The second-order valence-electron chi connectivity index (χ2n) is 3.45. The maximum Gasteiger partial charge on any atom is 0.455 e. The summed E-state index contributed by atoms with van der Waals surface area (Å²) in [5.41, 5.74) is 3.83. The Balaban J connectivity index is 0.00000324. The van der Waals surface area contributed by atoms with E-state index in [-0.39, 0.29) is 12.4 Å². The topological polar surface area (TPSA) is 35.2 Å². The van der Waals surface area contributed by atoms with Gasteiger partial charge in [0, 0.05) is 0 Å². The highest BCUT2D eigenvalue weighted by molar-refractivity contribution is 5.85. The van der Waals surface area contributed by atoms with Crippen molar-refractivity contribution in [3.63, 3.8) is 0 Å². The number of hydrogen-bond donors (Lipinski definition) is 1. The fourth-order valence-corrected chi connectivity index (χ4v) is 1.35. The molecule has 0 aliphatic carbocycles. The largest absolute Gasteiger partial charge is 0.496 e. The maximum atomic E-state index is 13.3. The van der Waals surface area contributed by atoms with Crippen molar-refractivity contribution in [2.45, 2.75) is 18.1 Å². The van der Waals surface area contributed by atoms with Crippen LogP contribution in [0.4, 0.5) is 26.3 Å². The number of rotatable bonds is 3. The molecular formula is C10H10ClF6NO. The second kappa shape index (κ2) is 5.87. The normalized spacial score (nSPS) is 13.7. The Morgan fingerprint density at radius 2 is 1.68 bits per heavy atom. The van der Waals surface area contributed by atoms with Gasteiger partial charge in [-0.25, -0.2) is 4.39 Å². The van der Waals surface area contributed by atoms with Gasteiger partial charge in [0.25, 0.3) is 0 Å². The smallest absolute Gasteiger partial charge is 0.455 e. The summed E-state index contributed by atoms with van der Waals surface area (Å²) in [5, 5.41) is 0. The van der Waals surface area contributed by atoms with Crippen molar-refractivity contribution in [3.8, 4) is 5.75 Å². The third kappa shape index (κ3) is 3.24. The van der Waals surface area contributed by atoms with Crippen molar-refractivity contribution in [2.75, 3.05) is 7.11 Å². The lowest BCUT2D eigenvalue weighted by atomic mass is 9.99. The van der Waals surface area contributed by atoms with Gasteiger partial charge < -0.3 is 10.5 Å². The van der Waals surface area contributed by atoms with Gasteiger partial charge in [0.05, 0.1) is 12.7 Å². The molecular weight excluding hydrogens is 300 g/mol. The fourth-order valence-electron chi connectivity index (χ4n) is 1.35. The van der Waals surface area contributed by atoms with Crippen LogP contribution >= 0.6 is 12.4 Å². The van der Waals surface area contributed by atoms with Gasteiger partial charge in [-0.05, 0) is 12.1 Å². The summed E-state index contributed by atoms with van der Waals surface area (Å²) < 4.78 is 80.4. The van der Waals surface area contributed by atoms with Crippen LogP contribution in [0.15, 0.2) is 18.2 Å². The fraction of sp³-hybridized carbons (Fsp3) is 0.400. The molecule has 0 unspecified atom stereocenters. The van der Waals surface area contributed by atoms with Crippen LogP contribution in [0.5, 0.6) is 5.75 Å². The Morgan fingerprint density at radius 1 is 1.16 bits per heavy atom. The van der Waals surface area contributed by atoms with Crippen molar-refractivity contribution in [1.82, 2.24) is 0 Å². The molecule has 0 saturated carbocycles. The molecule has 0 aromatic heterocycles. The number of benzene rings is 1. The summed E-state index contributed by atoms with van der Waals surface area (Å²) in [4.78, 5) is 0. The van der Waals surface area contributed by atoms with Gasteiger partial charge in [0.15, 0.2) is 0 Å². The lowest BCUT2D eigenvalue weighted by Gasteiger charge is -2.27. The molecule has 2 N–H and O–H groups in total. The zero-order chi connectivity index (χ0) is 14.1. The minimum absolute atomic E-state index is 0. The Bertz CT molecular complexity index is 437. The molecule has 0 amide bonds. The molecule has 1 rings (SSSR count). The number of ether oxygens (including phenoxy) is 1. The van der Waals surface area contributed by atoms with E-state index in [4.69, 9.17) is 5.73 Å². The van der Waals surface area contributed by atoms with Crippen LogP contribution in [0.3, 0.4) is 0 Å². The van der Waals surface area contributed by atoms with E-state index in [1.807, 2.05) is 0 Å². The molecule has 0 saturated heterocycles. The highest BCUT2D eigenvalue weighted by Crippen LogP contribution is 2.45. The standard InChI is InChI=1S/C10H9F6NO.ClH/c1-18-6-4-2-3-5(11)7(6)8(17)9(12,13)10(14,15)16;/h2-4,8H,17H2,1H3;1H/t8-;/m0./s1. The van der Waals surface area contributed by atoms with Crippen LogP contribution in [0.1, 0.15) is 11.6 Å². The van der Waals surface area contributed by atoms with Gasteiger partial charge in [-0.15, -0.1) is 12.4 Å². The SMILES string of the molecule is COc1cccc(F)c1[C@H](N)C(F)(F)C(F)(F)F.Cl. The van der Waals surface area contributed by atoms with Crippen molar-refractivity contribution in [2.24, 2.45) is 5.73 Å². The summed E-state index contributed by atoms with van der Waals surface area (Å²) in [6, 6.07) is -0.000906. The van der Waals surface area contributed by atoms with Crippen LogP contribution in [0.2, 0.25) is 0 Å². The summed E-state index contributed by atoms with van der Waals surface area (Å²) in [6.45, 7) is 0. The molecule has 0 aliphatic rings. The highest BCUT2D eigenvalue weighted by atomic mass is 35.5. The average molecular weight is 310 g/mol. The molecule has 0 aliphatic heterocycles. The maximum absolute atomic E-state index is 13.3. The molecule has 1 atom stereocenters. The van der Waals surface area contributed by atoms with E-state index < -0.39 is 35.3 Å². The Labute approximate surface area is 110 Å². The van der Waals surface area contributed by atoms with E-state index in [9.17, 15) is 26.3 Å². The first-order valence-electron chi connectivity index (χ1n) is 4.65. The highest BCUT2D eigenvalue weighted by Gasteiger charge is 2.62. The Kier molecular flexibility index (Phi) is 5.52. The first-order valence-corrected chi connectivity index (χ1v) is 4.65. The Hall–Kier alpha value is -1.15. The monoisotopic (exact) mass is 309 g/mol. The van der Waals surface area contributed by atoms with Gasteiger partial charge in [-0.2, -0.15) is 22.0 Å². The quantitative estimate of drug-likeness (QED) is 0.868. The Morgan fingerprint density at radius 3 is 2.11 bits per heavy atom. The van der Waals surface area contributed by atoms with Crippen LogP contribution in [0, 0.1) is 5.82 Å². The van der Waals surface area contributed by atoms with E-state index in [0.29, 0.717) is 0 Å². The number of methoxy groups -OCH3 is 1. The third-order valence-electron chi connectivity index (χ3n) is 2.31. The van der Waals surface area contributed by atoms with Crippen LogP contribution < -0.4 is 10.5 Å². The lowest BCUT2D eigenvalue weighted by molar-refractivity contribution is -0.291. The molecule has 2 nitrogen and oxygen atoms in total. The van der Waals surface area contributed by atoms with Gasteiger partial charge in [-0.3, -0.25) is 0 Å². The molecule has 0 radical (unpaired) electrons. The van der Waals surface area contributed by atoms with Crippen LogP contribution in [-0.4, -0.2) is 19.2 Å². The third-order valence-corrected chi connectivity index (χ3v) is 2.31. The van der Waals surface area contributed by atoms with E-state index in [0.717, 1.165) is 25.3 Å². The van der Waals surface area contributed by atoms with E-state index >= 15 is 0 Å². The minimum Gasteiger partial charge on any atom is -0.496 e. The molecule has 0 heterocycles. The molecule has 1 aromatic rings. The van der Waals surface area contributed by atoms with Gasteiger partial charge >= 0.3 is 12.1 Å². The molecule has 110 valence electrons. The zero-order valence-corrected chi connectivity index (χ0v) is 10.3. The predicted octanol–water partition coefficient (Wildman–Crippen LogP) is 3.45. The first-order chi connectivity index (χ1) is 8.13. The molecule has 0 bridgehead atoms. The summed E-state index contributed by atoms with van der Waals surface area (Å²) in [6.07, 6.45) is -5.88. The van der Waals surface area contributed by atoms with Crippen molar-refractivity contribution in [1.29, 1.82) is 0 Å². The van der Waals surface area contributed by atoms with E-state index in [1.54, 1.807) is 0 Å². The van der Waals surface area contributed by atoms with Crippen molar-refractivity contribution in [3.05, 3.63) is 29.6 Å². The van der Waals surface area contributed by atoms with Crippen molar-refractivity contribution >= 4 is 12.4 Å². The lowest BCUT2D eigenvalue weighted by Crippen LogP contribution is -2.46. The van der Waals surface area contributed by atoms with Gasteiger partial charge in [-0.1, -0.05) is 6.07 Å². The summed E-state index contributed by atoms with van der Waals surface area (Å²) in [5.74, 6) is -7.01. The second-order valence-corrected chi connectivity index (χ2v) is 3.45. The van der Waals surface area contributed by atoms with Crippen molar-refractivity contribution < 1.29 is 31.1 Å². The summed E-state index contributed by atoms with van der Waals surface area (Å²) >= 11 is 0. The number of nitrogens with two attached hydrogens (primary N) is 1. The van der Waals surface area contributed by atoms with E-state index in [1.165, 1.54) is 0 Å². The zero-order valence-electron chi connectivity index (χ0n) is 9.47. The molecule has 0 fully saturated rings. The predicted molar refractivity (Wildman–Crippen MR) is 58.1 cm³/mol. The average Bonchev–Trinajstić information content (AvgIpc) is 2.26. The van der Waals surface area contributed by atoms with Crippen LogP contribution in [0.25, 0.3) is 0 Å². The molecule has 0 spiro atoms. The van der Waals surface area contributed by atoms with E-state index in [2.05, 4.69) is 4.74 Å². The number of hydrogen-bond acceptors (Lipinski definition) is 2. The molecule has 9 heteroatoms. The minimum atomic E-state index is -5.88. The molecule has 1 aromatic carbocycles. The first kappa shape index (κ1) is 17.9.